The second kappa shape index (κ2) is 3.84. The molecule has 0 bridgehead atoms. The van der Waals surface area contributed by atoms with Gasteiger partial charge in [0.1, 0.15) is 5.69 Å². The van der Waals surface area contributed by atoms with Gasteiger partial charge in [0.15, 0.2) is 5.58 Å². The number of hydrogen-bond acceptors (Lipinski definition) is 4. The summed E-state index contributed by atoms with van der Waals surface area (Å²) in [4.78, 5) is 22.1. The number of nitrogens with one attached hydrogen (secondary N) is 1. The lowest BCUT2D eigenvalue weighted by molar-refractivity contribution is 0.0690. The molecular weight excluding hydrogens is 250 g/mol. The molecule has 2 heterocycles. The Labute approximate surface area is 106 Å². The highest BCUT2D eigenvalue weighted by atomic mass is 16.4. The van der Waals surface area contributed by atoms with E-state index < -0.39 is 11.7 Å². The molecule has 0 spiro atoms. The van der Waals surface area contributed by atoms with Crippen molar-refractivity contribution in [3.63, 3.8) is 0 Å². The van der Waals surface area contributed by atoms with Crippen molar-refractivity contribution in [1.82, 2.24) is 14.8 Å². The fraction of sp³-hybridized carbons (Fsp3) is 0.0833. The number of rotatable bonds is 2. The molecule has 2 aromatic heterocycles. The fourth-order valence-corrected chi connectivity index (χ4v) is 1.87. The predicted molar refractivity (Wildman–Crippen MR) is 66.0 cm³/mol. The van der Waals surface area contributed by atoms with Crippen molar-refractivity contribution in [3.8, 4) is 11.3 Å². The molecule has 7 nitrogen and oxygen atoms in total. The van der Waals surface area contributed by atoms with Gasteiger partial charge in [0.25, 0.3) is 0 Å². The average molecular weight is 259 g/mol. The van der Waals surface area contributed by atoms with Crippen molar-refractivity contribution in [2.75, 3.05) is 0 Å². The molecule has 96 valence electrons. The Kier molecular flexibility index (Phi) is 2.28. The number of oxazole rings is 1. The first-order valence-electron chi connectivity index (χ1n) is 5.45. The normalized spacial score (nSPS) is 11.0. The molecule has 0 atom stereocenters. The Hall–Kier alpha value is -2.83. The molecule has 19 heavy (non-hydrogen) atoms. The minimum Gasteiger partial charge on any atom is -0.477 e. The Morgan fingerprint density at radius 1 is 1.42 bits per heavy atom. The van der Waals surface area contributed by atoms with Crippen LogP contribution in [0.2, 0.25) is 0 Å². The first-order chi connectivity index (χ1) is 9.06. The number of nitrogens with zero attached hydrogens (tertiary/aromatic N) is 2. The maximum Gasteiger partial charge on any atom is 0.419 e. The van der Waals surface area contributed by atoms with Crippen LogP contribution in [0.3, 0.4) is 0 Å². The number of H-pyrrole nitrogens is 1. The van der Waals surface area contributed by atoms with E-state index in [1.165, 1.54) is 10.6 Å². The third-order valence-corrected chi connectivity index (χ3v) is 2.90. The molecule has 0 aliphatic rings. The molecule has 1 aromatic carbocycles. The van der Waals surface area contributed by atoms with Crippen LogP contribution >= 0.6 is 0 Å². The van der Waals surface area contributed by atoms with Gasteiger partial charge in [-0.05, 0) is 18.2 Å². The van der Waals surface area contributed by atoms with Crippen LogP contribution in [0.5, 0.6) is 0 Å². The smallest absolute Gasteiger partial charge is 0.419 e. The van der Waals surface area contributed by atoms with E-state index in [0.717, 1.165) is 0 Å². The Balaban J connectivity index is 2.14. The fourth-order valence-electron chi connectivity index (χ4n) is 1.87. The number of benzene rings is 1. The van der Waals surface area contributed by atoms with Crippen molar-refractivity contribution in [1.29, 1.82) is 0 Å². The van der Waals surface area contributed by atoms with Crippen LogP contribution in [0.4, 0.5) is 0 Å². The van der Waals surface area contributed by atoms with E-state index in [4.69, 9.17) is 9.52 Å². The van der Waals surface area contributed by atoms with Gasteiger partial charge in [0.05, 0.1) is 11.2 Å². The summed E-state index contributed by atoms with van der Waals surface area (Å²) < 4.78 is 6.46. The molecule has 3 rings (SSSR count). The number of aromatic nitrogens is 3. The van der Waals surface area contributed by atoms with Gasteiger partial charge in [-0.1, -0.05) is 6.07 Å². The van der Waals surface area contributed by atoms with Gasteiger partial charge < -0.3 is 9.52 Å². The zero-order valence-electron chi connectivity index (χ0n) is 9.88. The summed E-state index contributed by atoms with van der Waals surface area (Å²) in [6, 6.07) is 6.55. The highest BCUT2D eigenvalue weighted by Crippen LogP contribution is 2.22. The van der Waals surface area contributed by atoms with Crippen LogP contribution in [0.15, 0.2) is 33.5 Å². The Morgan fingerprint density at radius 2 is 2.21 bits per heavy atom. The van der Waals surface area contributed by atoms with Crippen LogP contribution in [0.25, 0.3) is 22.4 Å². The molecule has 2 N–H and O–H groups in total. The first kappa shape index (κ1) is 11.3. The van der Waals surface area contributed by atoms with E-state index in [1.807, 2.05) is 0 Å². The molecule has 0 aliphatic heterocycles. The summed E-state index contributed by atoms with van der Waals surface area (Å²) in [5.41, 5.74) is 2.26. The lowest BCUT2D eigenvalue weighted by Gasteiger charge is -1.96. The zero-order chi connectivity index (χ0) is 13.6. The standard InChI is InChI=1S/C12H9N3O4/c1-15-9-3-2-6(4-10(9)19-12(15)18)7-5-8(11(16)17)14-13-7/h2-5H,1H3,(H,13,14)(H,16,17). The van der Waals surface area contributed by atoms with Gasteiger partial charge in [-0.25, -0.2) is 9.59 Å². The zero-order valence-corrected chi connectivity index (χ0v) is 9.88. The number of aryl methyl sites for hydroxylation is 1. The van der Waals surface area contributed by atoms with Gasteiger partial charge >= 0.3 is 11.7 Å². The number of hydrogen-bond donors (Lipinski definition) is 2. The second-order valence-electron chi connectivity index (χ2n) is 4.08. The van der Waals surface area contributed by atoms with Gasteiger partial charge in [-0.3, -0.25) is 9.67 Å². The van der Waals surface area contributed by atoms with Gasteiger partial charge in [-0.2, -0.15) is 5.10 Å². The minimum absolute atomic E-state index is 0.00427. The minimum atomic E-state index is -1.08. The maximum atomic E-state index is 11.4. The van der Waals surface area contributed by atoms with Crippen LogP contribution in [-0.4, -0.2) is 25.8 Å². The molecule has 7 heteroatoms. The van der Waals surface area contributed by atoms with E-state index in [0.29, 0.717) is 22.4 Å². The highest BCUT2D eigenvalue weighted by Gasteiger charge is 2.11. The van der Waals surface area contributed by atoms with Crippen molar-refractivity contribution >= 4 is 17.1 Å². The maximum absolute atomic E-state index is 11.4. The van der Waals surface area contributed by atoms with Crippen molar-refractivity contribution in [3.05, 3.63) is 40.5 Å². The van der Waals surface area contributed by atoms with Crippen molar-refractivity contribution in [2.45, 2.75) is 0 Å². The third-order valence-electron chi connectivity index (χ3n) is 2.90. The molecule has 3 aromatic rings. The summed E-state index contributed by atoms with van der Waals surface area (Å²) in [5, 5.41) is 15.2. The topological polar surface area (TPSA) is 101 Å². The molecule has 0 amide bonds. The van der Waals surface area contributed by atoms with E-state index in [-0.39, 0.29) is 5.69 Å². The summed E-state index contributed by atoms with van der Waals surface area (Å²) in [6.45, 7) is 0. The number of fused-ring (bicyclic) bond motifs is 1. The summed E-state index contributed by atoms with van der Waals surface area (Å²) in [5.74, 6) is -1.52. The molecular formula is C12H9N3O4. The van der Waals surface area contributed by atoms with Gasteiger partial charge in [0.2, 0.25) is 0 Å². The molecule has 0 fully saturated rings. The quantitative estimate of drug-likeness (QED) is 0.720. The van der Waals surface area contributed by atoms with Crippen LogP contribution in [-0.2, 0) is 7.05 Å². The van der Waals surface area contributed by atoms with E-state index >= 15 is 0 Å². The van der Waals surface area contributed by atoms with Crippen LogP contribution in [0.1, 0.15) is 10.5 Å². The van der Waals surface area contributed by atoms with Crippen LogP contribution in [0, 0.1) is 0 Å². The molecule has 0 aliphatic carbocycles. The lowest BCUT2D eigenvalue weighted by Crippen LogP contribution is -2.08. The van der Waals surface area contributed by atoms with Crippen molar-refractivity contribution < 1.29 is 14.3 Å². The Bertz CT molecular complexity index is 840. The molecule has 0 unspecified atom stereocenters. The average Bonchev–Trinajstić information content (AvgIpc) is 2.96. The summed E-state index contributed by atoms with van der Waals surface area (Å²) >= 11 is 0. The summed E-state index contributed by atoms with van der Waals surface area (Å²) in [6.07, 6.45) is 0. The van der Waals surface area contributed by atoms with Crippen molar-refractivity contribution in [2.24, 2.45) is 7.05 Å². The number of carboxylic acids is 1. The second-order valence-corrected chi connectivity index (χ2v) is 4.08. The van der Waals surface area contributed by atoms with E-state index in [9.17, 15) is 9.59 Å². The van der Waals surface area contributed by atoms with E-state index in [1.54, 1.807) is 25.2 Å². The Morgan fingerprint density at radius 3 is 2.89 bits per heavy atom. The molecule has 0 saturated heterocycles. The summed E-state index contributed by atoms with van der Waals surface area (Å²) in [7, 11) is 1.62. The highest BCUT2D eigenvalue weighted by molar-refractivity contribution is 5.87. The molecule has 0 radical (unpaired) electrons. The number of carboxylic acid groups (broad SMARTS) is 1. The SMILES string of the molecule is Cn1c(=O)oc2cc(-c3cc(C(=O)O)[nH]n3)ccc21. The van der Waals surface area contributed by atoms with Gasteiger partial charge in [0, 0.05) is 12.6 Å². The number of aromatic carboxylic acids is 1. The largest absolute Gasteiger partial charge is 0.477 e. The number of carbonyl (C=O) groups is 1. The third kappa shape index (κ3) is 1.71. The monoisotopic (exact) mass is 259 g/mol. The van der Waals surface area contributed by atoms with Crippen LogP contribution < -0.4 is 5.76 Å². The molecule has 0 saturated carbocycles. The lowest BCUT2D eigenvalue weighted by atomic mass is 10.1. The first-order valence-corrected chi connectivity index (χ1v) is 5.45. The number of aromatic amines is 1. The predicted octanol–water partition coefficient (Wildman–Crippen LogP) is 1.22. The van der Waals surface area contributed by atoms with Gasteiger partial charge in [-0.15, -0.1) is 0 Å². The van der Waals surface area contributed by atoms with E-state index in [2.05, 4.69) is 10.2 Å².